The molecule has 0 N–H and O–H groups in total. The fourth-order valence-electron chi connectivity index (χ4n) is 1.09. The minimum absolute atomic E-state index is 0.141. The zero-order chi connectivity index (χ0) is 9.14. The first kappa shape index (κ1) is 9.52. The van der Waals surface area contributed by atoms with Crippen molar-refractivity contribution in [3.05, 3.63) is 29.3 Å². The van der Waals surface area contributed by atoms with Crippen LogP contribution >= 0.6 is 11.8 Å². The molecular formula is C9H10F2S. The summed E-state index contributed by atoms with van der Waals surface area (Å²) < 4.78 is 24.7. The third-order valence-corrected chi connectivity index (χ3v) is 2.66. The quantitative estimate of drug-likeness (QED) is 0.638. The van der Waals surface area contributed by atoms with E-state index in [2.05, 4.69) is 0 Å². The van der Waals surface area contributed by atoms with Gasteiger partial charge in [-0.3, -0.25) is 0 Å². The molecule has 1 aromatic carbocycles. The minimum atomic E-state index is -2.36. The molecule has 0 aromatic heterocycles. The molecule has 1 aromatic rings. The van der Waals surface area contributed by atoms with Gasteiger partial charge in [0.15, 0.2) is 0 Å². The molecule has 0 aliphatic rings. The normalized spacial score (nSPS) is 10.8. The van der Waals surface area contributed by atoms with E-state index in [1.165, 1.54) is 17.8 Å². The standard InChI is InChI=1S/C9H10F2S/c1-6-7(9(10)11)4-3-5-8(6)12-2/h3-5,9H,1-2H3. The summed E-state index contributed by atoms with van der Waals surface area (Å²) in [7, 11) is 0. The van der Waals surface area contributed by atoms with Crippen LogP contribution in [-0.4, -0.2) is 6.26 Å². The van der Waals surface area contributed by atoms with Gasteiger partial charge >= 0.3 is 0 Å². The van der Waals surface area contributed by atoms with E-state index in [1.54, 1.807) is 13.0 Å². The Kier molecular flexibility index (Phi) is 3.09. The predicted molar refractivity (Wildman–Crippen MR) is 47.9 cm³/mol. The molecule has 0 nitrogen and oxygen atoms in total. The molecule has 0 heterocycles. The molecule has 0 amide bonds. The van der Waals surface area contributed by atoms with Crippen molar-refractivity contribution in [2.24, 2.45) is 0 Å². The highest BCUT2D eigenvalue weighted by Gasteiger charge is 2.11. The number of alkyl halides is 2. The topological polar surface area (TPSA) is 0 Å². The Morgan fingerprint density at radius 1 is 1.33 bits per heavy atom. The second kappa shape index (κ2) is 3.90. The summed E-state index contributed by atoms with van der Waals surface area (Å²) in [6.45, 7) is 1.73. The van der Waals surface area contributed by atoms with Crippen molar-refractivity contribution in [3.8, 4) is 0 Å². The lowest BCUT2D eigenvalue weighted by molar-refractivity contribution is 0.150. The highest BCUT2D eigenvalue weighted by molar-refractivity contribution is 7.98. The molecule has 0 fully saturated rings. The molecule has 3 heteroatoms. The van der Waals surface area contributed by atoms with Crippen LogP contribution in [0.15, 0.2) is 23.1 Å². The summed E-state index contributed by atoms with van der Waals surface area (Å²) in [5, 5.41) is 0. The fraction of sp³-hybridized carbons (Fsp3) is 0.333. The first-order chi connectivity index (χ1) is 5.66. The van der Waals surface area contributed by atoms with E-state index in [4.69, 9.17) is 0 Å². The van der Waals surface area contributed by atoms with Crippen molar-refractivity contribution in [2.75, 3.05) is 6.26 Å². The van der Waals surface area contributed by atoms with E-state index in [0.29, 0.717) is 5.56 Å². The Bertz CT molecular complexity index is 271. The second-order valence-corrected chi connectivity index (χ2v) is 3.32. The van der Waals surface area contributed by atoms with Gasteiger partial charge in [0.1, 0.15) is 0 Å². The maximum Gasteiger partial charge on any atom is 0.264 e. The van der Waals surface area contributed by atoms with Gasteiger partial charge in [0.25, 0.3) is 6.43 Å². The van der Waals surface area contributed by atoms with Crippen LogP contribution in [0.5, 0.6) is 0 Å². The van der Waals surface area contributed by atoms with E-state index in [9.17, 15) is 8.78 Å². The lowest BCUT2D eigenvalue weighted by Crippen LogP contribution is -1.90. The molecule has 0 saturated carbocycles. The summed E-state index contributed by atoms with van der Waals surface area (Å²) in [5.74, 6) is 0. The maximum atomic E-state index is 12.3. The van der Waals surface area contributed by atoms with Crippen molar-refractivity contribution in [1.29, 1.82) is 0 Å². The Morgan fingerprint density at radius 2 is 2.00 bits per heavy atom. The van der Waals surface area contributed by atoms with Gasteiger partial charge in [0.05, 0.1) is 0 Å². The molecule has 0 atom stereocenters. The monoisotopic (exact) mass is 188 g/mol. The number of halogens is 2. The number of thioether (sulfide) groups is 1. The first-order valence-corrected chi connectivity index (χ1v) is 4.81. The summed E-state index contributed by atoms with van der Waals surface area (Å²) in [4.78, 5) is 0.924. The zero-order valence-corrected chi connectivity index (χ0v) is 7.79. The molecule has 0 aliphatic heterocycles. The largest absolute Gasteiger partial charge is 0.264 e. The summed E-state index contributed by atoms with van der Waals surface area (Å²) in [6, 6.07) is 4.99. The van der Waals surface area contributed by atoms with Gasteiger partial charge in [-0.1, -0.05) is 12.1 Å². The summed E-state index contributed by atoms with van der Waals surface area (Å²) >= 11 is 1.49. The second-order valence-electron chi connectivity index (χ2n) is 2.48. The lowest BCUT2D eigenvalue weighted by atomic mass is 10.1. The lowest BCUT2D eigenvalue weighted by Gasteiger charge is -2.07. The van der Waals surface area contributed by atoms with Crippen molar-refractivity contribution >= 4 is 11.8 Å². The van der Waals surface area contributed by atoms with Crippen molar-refractivity contribution in [1.82, 2.24) is 0 Å². The van der Waals surface area contributed by atoms with E-state index in [0.717, 1.165) is 4.90 Å². The van der Waals surface area contributed by atoms with Crippen LogP contribution in [0.3, 0.4) is 0 Å². The Morgan fingerprint density at radius 3 is 2.50 bits per heavy atom. The number of hydrogen-bond donors (Lipinski definition) is 0. The summed E-state index contributed by atoms with van der Waals surface area (Å²) in [6.07, 6.45) is -0.477. The Hall–Kier alpha value is -0.570. The van der Waals surface area contributed by atoms with Crippen LogP contribution in [0.25, 0.3) is 0 Å². The van der Waals surface area contributed by atoms with Gasteiger partial charge < -0.3 is 0 Å². The molecule has 1 rings (SSSR count). The van der Waals surface area contributed by atoms with Gasteiger partial charge in [-0.05, 0) is 24.8 Å². The van der Waals surface area contributed by atoms with E-state index < -0.39 is 6.43 Å². The highest BCUT2D eigenvalue weighted by atomic mass is 32.2. The van der Waals surface area contributed by atoms with Crippen LogP contribution in [0, 0.1) is 6.92 Å². The molecule has 0 saturated heterocycles. The number of benzene rings is 1. The maximum absolute atomic E-state index is 12.3. The molecule has 0 radical (unpaired) electrons. The summed E-state index contributed by atoms with van der Waals surface area (Å²) in [5.41, 5.74) is 0.835. The Balaban J connectivity index is 3.14. The van der Waals surface area contributed by atoms with Crippen LogP contribution < -0.4 is 0 Å². The van der Waals surface area contributed by atoms with Gasteiger partial charge in [-0.15, -0.1) is 11.8 Å². The van der Waals surface area contributed by atoms with E-state index in [-0.39, 0.29) is 5.56 Å². The van der Waals surface area contributed by atoms with Gasteiger partial charge in [0, 0.05) is 10.5 Å². The predicted octanol–water partition coefficient (Wildman–Crippen LogP) is 3.65. The smallest absolute Gasteiger partial charge is 0.205 e. The average Bonchev–Trinajstić information content (AvgIpc) is 2.04. The third kappa shape index (κ3) is 1.78. The van der Waals surface area contributed by atoms with Gasteiger partial charge in [-0.2, -0.15) is 0 Å². The fourth-order valence-corrected chi connectivity index (χ4v) is 1.73. The SMILES string of the molecule is CSc1cccc(C(F)F)c1C. The van der Waals surface area contributed by atoms with Crippen molar-refractivity contribution < 1.29 is 8.78 Å². The van der Waals surface area contributed by atoms with Crippen LogP contribution in [0.1, 0.15) is 17.6 Å². The Labute approximate surface area is 75.0 Å². The highest BCUT2D eigenvalue weighted by Crippen LogP contribution is 2.28. The van der Waals surface area contributed by atoms with Gasteiger partial charge in [-0.25, -0.2) is 8.78 Å². The molecule has 0 bridgehead atoms. The van der Waals surface area contributed by atoms with E-state index >= 15 is 0 Å². The molecule has 0 aliphatic carbocycles. The number of rotatable bonds is 2. The molecular weight excluding hydrogens is 178 g/mol. The first-order valence-electron chi connectivity index (χ1n) is 3.58. The molecule has 66 valence electrons. The van der Waals surface area contributed by atoms with Crippen LogP contribution in [0.4, 0.5) is 8.78 Å². The van der Waals surface area contributed by atoms with Crippen molar-refractivity contribution in [3.63, 3.8) is 0 Å². The van der Waals surface area contributed by atoms with Crippen LogP contribution in [-0.2, 0) is 0 Å². The number of hydrogen-bond acceptors (Lipinski definition) is 1. The zero-order valence-electron chi connectivity index (χ0n) is 6.97. The molecule has 0 spiro atoms. The molecule has 12 heavy (non-hydrogen) atoms. The molecule has 0 unspecified atom stereocenters. The third-order valence-electron chi connectivity index (χ3n) is 1.78. The van der Waals surface area contributed by atoms with Crippen molar-refractivity contribution in [2.45, 2.75) is 18.2 Å². The average molecular weight is 188 g/mol. The minimum Gasteiger partial charge on any atom is -0.205 e. The van der Waals surface area contributed by atoms with Gasteiger partial charge in [0.2, 0.25) is 0 Å². The van der Waals surface area contributed by atoms with Crippen LogP contribution in [0.2, 0.25) is 0 Å². The van der Waals surface area contributed by atoms with E-state index in [1.807, 2.05) is 12.3 Å².